The van der Waals surface area contributed by atoms with Gasteiger partial charge in [0.2, 0.25) is 0 Å². The molecule has 1 aliphatic rings. The van der Waals surface area contributed by atoms with Gasteiger partial charge < -0.3 is 10.6 Å². The molecule has 3 nitrogen and oxygen atoms in total. The molecule has 0 aromatic rings. The molecule has 0 spiro atoms. The van der Waals surface area contributed by atoms with Crippen molar-refractivity contribution in [2.75, 3.05) is 19.6 Å². The van der Waals surface area contributed by atoms with Gasteiger partial charge >= 0.3 is 0 Å². The molecule has 0 amide bonds. The third-order valence-corrected chi connectivity index (χ3v) is 4.15. The number of unbranched alkanes of at least 4 members (excludes halogenated alkanes) is 1. The molecule has 0 aliphatic heterocycles. The zero-order valence-electron chi connectivity index (χ0n) is 11.4. The van der Waals surface area contributed by atoms with E-state index in [1.54, 1.807) is 0 Å². The van der Waals surface area contributed by atoms with Crippen LogP contribution in [0.2, 0.25) is 0 Å². The minimum atomic E-state index is -0.538. The van der Waals surface area contributed by atoms with Crippen LogP contribution in [0.1, 0.15) is 52.4 Å². The predicted octanol–water partition coefficient (Wildman–Crippen LogP) is 2.52. The first kappa shape index (κ1) is 14.5. The molecular formula is C14H27N3. The highest BCUT2D eigenvalue weighted by Gasteiger charge is 2.39. The number of nitrogens with two attached hydrogens (primary N) is 1. The van der Waals surface area contributed by atoms with Gasteiger partial charge in [0.1, 0.15) is 5.54 Å². The van der Waals surface area contributed by atoms with Crippen LogP contribution < -0.4 is 5.73 Å². The fraction of sp³-hybridized carbons (Fsp3) is 0.929. The van der Waals surface area contributed by atoms with Crippen LogP contribution in [0.25, 0.3) is 0 Å². The molecule has 0 bridgehead atoms. The maximum Gasteiger partial charge on any atom is 0.107 e. The second-order valence-electron chi connectivity index (χ2n) is 5.32. The van der Waals surface area contributed by atoms with Crippen LogP contribution in [0.4, 0.5) is 0 Å². The normalized spacial score (nSPS) is 28.5. The summed E-state index contributed by atoms with van der Waals surface area (Å²) in [5.41, 5.74) is 5.61. The second-order valence-corrected chi connectivity index (χ2v) is 5.32. The molecule has 0 radical (unpaired) electrons. The van der Waals surface area contributed by atoms with Gasteiger partial charge in [0.25, 0.3) is 0 Å². The lowest BCUT2D eigenvalue weighted by atomic mass is 9.87. The maximum absolute atomic E-state index is 9.17. The van der Waals surface area contributed by atoms with Crippen molar-refractivity contribution < 1.29 is 0 Å². The minimum absolute atomic E-state index is 0.406. The van der Waals surface area contributed by atoms with E-state index in [0.717, 1.165) is 38.8 Å². The van der Waals surface area contributed by atoms with Gasteiger partial charge in [-0.15, -0.1) is 0 Å². The van der Waals surface area contributed by atoms with Crippen molar-refractivity contribution in [3.63, 3.8) is 0 Å². The molecule has 0 heterocycles. The Bertz CT molecular complexity index is 259. The Balaban J connectivity index is 2.36. The largest absolute Gasteiger partial charge is 0.313 e. The van der Waals surface area contributed by atoms with Crippen LogP contribution in [0, 0.1) is 17.2 Å². The Labute approximate surface area is 106 Å². The zero-order chi connectivity index (χ0) is 12.7. The molecule has 2 N–H and O–H groups in total. The quantitative estimate of drug-likeness (QED) is 0.740. The maximum atomic E-state index is 9.17. The van der Waals surface area contributed by atoms with E-state index in [0.29, 0.717) is 5.92 Å². The SMILES string of the molecule is CCCCN(CC)CCC1CCCC1(N)C#N. The summed E-state index contributed by atoms with van der Waals surface area (Å²) in [5.74, 6) is 0.406. The molecule has 0 aromatic heterocycles. The Morgan fingerprint density at radius 3 is 2.76 bits per heavy atom. The molecule has 3 heteroatoms. The molecule has 1 rings (SSSR count). The molecule has 0 aromatic carbocycles. The van der Waals surface area contributed by atoms with Crippen molar-refractivity contribution in [3.8, 4) is 6.07 Å². The summed E-state index contributed by atoms with van der Waals surface area (Å²) in [7, 11) is 0. The highest BCUT2D eigenvalue weighted by atomic mass is 15.1. The number of nitrogens with zero attached hydrogens (tertiary/aromatic N) is 2. The highest BCUT2D eigenvalue weighted by Crippen LogP contribution is 2.35. The molecule has 17 heavy (non-hydrogen) atoms. The van der Waals surface area contributed by atoms with E-state index in [9.17, 15) is 5.26 Å². The summed E-state index contributed by atoms with van der Waals surface area (Å²) in [6, 6.07) is 2.33. The highest BCUT2D eigenvalue weighted by molar-refractivity contribution is 5.11. The van der Waals surface area contributed by atoms with Crippen molar-refractivity contribution >= 4 is 0 Å². The Hall–Kier alpha value is -0.590. The van der Waals surface area contributed by atoms with E-state index in [1.165, 1.54) is 19.4 Å². The van der Waals surface area contributed by atoms with E-state index in [1.807, 2.05) is 0 Å². The van der Waals surface area contributed by atoms with Crippen molar-refractivity contribution in [2.24, 2.45) is 11.7 Å². The fourth-order valence-electron chi connectivity index (χ4n) is 2.80. The standard InChI is InChI=1S/C14H27N3/c1-3-5-10-17(4-2)11-8-13-7-6-9-14(13,16)12-15/h13H,3-11,16H2,1-2H3. The molecule has 2 atom stereocenters. The van der Waals surface area contributed by atoms with Gasteiger partial charge in [-0.2, -0.15) is 5.26 Å². The van der Waals surface area contributed by atoms with E-state index in [2.05, 4.69) is 24.8 Å². The summed E-state index contributed by atoms with van der Waals surface area (Å²) >= 11 is 0. The van der Waals surface area contributed by atoms with Gasteiger partial charge in [-0.1, -0.05) is 26.7 Å². The predicted molar refractivity (Wildman–Crippen MR) is 71.5 cm³/mol. The lowest BCUT2D eigenvalue weighted by molar-refractivity contribution is 0.243. The molecule has 0 saturated heterocycles. The minimum Gasteiger partial charge on any atom is -0.313 e. The van der Waals surface area contributed by atoms with Crippen molar-refractivity contribution in [3.05, 3.63) is 0 Å². The van der Waals surface area contributed by atoms with Crippen LogP contribution in [-0.4, -0.2) is 30.1 Å². The monoisotopic (exact) mass is 237 g/mol. The number of hydrogen-bond acceptors (Lipinski definition) is 3. The van der Waals surface area contributed by atoms with Crippen LogP contribution >= 0.6 is 0 Å². The van der Waals surface area contributed by atoms with Crippen LogP contribution in [0.3, 0.4) is 0 Å². The zero-order valence-corrected chi connectivity index (χ0v) is 11.4. The lowest BCUT2D eigenvalue weighted by Gasteiger charge is -2.27. The van der Waals surface area contributed by atoms with E-state index >= 15 is 0 Å². The molecule has 1 aliphatic carbocycles. The van der Waals surface area contributed by atoms with Gasteiger partial charge in [0.05, 0.1) is 6.07 Å². The second kappa shape index (κ2) is 6.98. The summed E-state index contributed by atoms with van der Waals surface area (Å²) < 4.78 is 0. The Kier molecular flexibility index (Phi) is 5.94. The van der Waals surface area contributed by atoms with Crippen molar-refractivity contribution in [2.45, 2.75) is 57.9 Å². The van der Waals surface area contributed by atoms with Crippen LogP contribution in [0.5, 0.6) is 0 Å². The average Bonchev–Trinajstić information content (AvgIpc) is 2.72. The topological polar surface area (TPSA) is 53.0 Å². The first-order valence-electron chi connectivity index (χ1n) is 7.08. The average molecular weight is 237 g/mol. The van der Waals surface area contributed by atoms with Gasteiger partial charge in [-0.3, -0.25) is 0 Å². The van der Waals surface area contributed by atoms with Crippen molar-refractivity contribution in [1.82, 2.24) is 4.90 Å². The summed E-state index contributed by atoms with van der Waals surface area (Å²) in [4.78, 5) is 2.49. The summed E-state index contributed by atoms with van der Waals surface area (Å²) in [5, 5.41) is 9.17. The van der Waals surface area contributed by atoms with Gasteiger partial charge in [-0.05, 0) is 51.2 Å². The molecular weight excluding hydrogens is 210 g/mol. The van der Waals surface area contributed by atoms with Crippen LogP contribution in [0.15, 0.2) is 0 Å². The molecule has 1 fully saturated rings. The summed E-state index contributed by atoms with van der Waals surface area (Å²) in [6.07, 6.45) is 6.74. The summed E-state index contributed by atoms with van der Waals surface area (Å²) in [6.45, 7) is 7.83. The third-order valence-electron chi connectivity index (χ3n) is 4.15. The van der Waals surface area contributed by atoms with Crippen molar-refractivity contribution in [1.29, 1.82) is 5.26 Å². The Morgan fingerprint density at radius 2 is 2.18 bits per heavy atom. The number of nitriles is 1. The first-order valence-corrected chi connectivity index (χ1v) is 7.08. The van der Waals surface area contributed by atoms with E-state index in [4.69, 9.17) is 5.73 Å². The Morgan fingerprint density at radius 1 is 1.41 bits per heavy atom. The van der Waals surface area contributed by atoms with Gasteiger partial charge in [0, 0.05) is 0 Å². The molecule has 98 valence electrons. The van der Waals surface area contributed by atoms with Gasteiger partial charge in [0.15, 0.2) is 0 Å². The molecule has 1 saturated carbocycles. The van der Waals surface area contributed by atoms with E-state index < -0.39 is 5.54 Å². The van der Waals surface area contributed by atoms with E-state index in [-0.39, 0.29) is 0 Å². The number of rotatable bonds is 7. The smallest absolute Gasteiger partial charge is 0.107 e. The number of hydrogen-bond donors (Lipinski definition) is 1. The fourth-order valence-corrected chi connectivity index (χ4v) is 2.80. The third kappa shape index (κ3) is 3.97. The molecule has 2 unspecified atom stereocenters. The van der Waals surface area contributed by atoms with Crippen LogP contribution in [-0.2, 0) is 0 Å². The van der Waals surface area contributed by atoms with Gasteiger partial charge in [-0.25, -0.2) is 0 Å². The first-order chi connectivity index (χ1) is 8.16. The lowest BCUT2D eigenvalue weighted by Crippen LogP contribution is -2.43.